The maximum absolute atomic E-state index is 9.11. The lowest BCUT2D eigenvalue weighted by atomic mass is 10.2. The summed E-state index contributed by atoms with van der Waals surface area (Å²) in [5.74, 6) is 0.512. The van der Waals surface area contributed by atoms with Crippen molar-refractivity contribution in [2.75, 3.05) is 6.54 Å². The average molecular weight is 143 g/mol. The van der Waals surface area contributed by atoms with Gasteiger partial charge in [-0.25, -0.2) is 0 Å². The second-order valence-electron chi connectivity index (χ2n) is 1.97. The molecule has 0 amide bonds. The zero-order valence-electron chi connectivity index (χ0n) is 5.61. The van der Waals surface area contributed by atoms with E-state index in [2.05, 4.69) is 14.9 Å². The van der Waals surface area contributed by atoms with Crippen molar-refractivity contribution >= 4 is 0 Å². The third-order valence-electron chi connectivity index (χ3n) is 1.23. The minimum Gasteiger partial charge on any atom is -0.385 e. The van der Waals surface area contributed by atoms with Crippen LogP contribution in [0.25, 0.3) is 0 Å². The van der Waals surface area contributed by atoms with Crippen LogP contribution in [0.5, 0.6) is 0 Å². The zero-order chi connectivity index (χ0) is 7.56. The standard InChI is InChI=1S/C5H9N3O2/c1-3-5(4(9)2-6)7-8-10-3/h4,9H,2,6H2,1H3. The molecule has 0 radical (unpaired) electrons. The summed E-state index contributed by atoms with van der Waals surface area (Å²) in [7, 11) is 0. The molecule has 0 aliphatic rings. The van der Waals surface area contributed by atoms with E-state index in [-0.39, 0.29) is 6.54 Å². The van der Waals surface area contributed by atoms with Gasteiger partial charge in [0.25, 0.3) is 0 Å². The van der Waals surface area contributed by atoms with Crippen LogP contribution in [-0.4, -0.2) is 22.0 Å². The molecule has 3 N–H and O–H groups in total. The van der Waals surface area contributed by atoms with Crippen LogP contribution in [-0.2, 0) is 0 Å². The number of hydrogen-bond donors (Lipinski definition) is 2. The van der Waals surface area contributed by atoms with E-state index in [1.54, 1.807) is 6.92 Å². The molecule has 0 saturated carbocycles. The van der Waals surface area contributed by atoms with Crippen LogP contribution >= 0.6 is 0 Å². The van der Waals surface area contributed by atoms with Gasteiger partial charge < -0.3 is 15.4 Å². The van der Waals surface area contributed by atoms with E-state index in [4.69, 9.17) is 10.8 Å². The molecule has 0 aliphatic carbocycles. The number of aromatic nitrogens is 2. The van der Waals surface area contributed by atoms with E-state index in [0.29, 0.717) is 11.5 Å². The predicted octanol–water partition coefficient (Wildman–Crippen LogP) is -0.630. The summed E-state index contributed by atoms with van der Waals surface area (Å²) in [6.07, 6.45) is -0.758. The Hall–Kier alpha value is -0.940. The van der Waals surface area contributed by atoms with Crippen LogP contribution in [0.2, 0.25) is 0 Å². The van der Waals surface area contributed by atoms with Crippen LogP contribution in [0, 0.1) is 6.92 Å². The lowest BCUT2D eigenvalue weighted by Gasteiger charge is -2.00. The highest BCUT2D eigenvalue weighted by Crippen LogP contribution is 2.11. The molecule has 5 heteroatoms. The largest absolute Gasteiger partial charge is 0.385 e. The molecule has 0 fully saturated rings. The Labute approximate surface area is 57.8 Å². The monoisotopic (exact) mass is 143 g/mol. The number of rotatable bonds is 2. The lowest BCUT2D eigenvalue weighted by molar-refractivity contribution is 0.180. The molecule has 1 rings (SSSR count). The van der Waals surface area contributed by atoms with Crippen molar-refractivity contribution in [1.29, 1.82) is 0 Å². The zero-order valence-corrected chi connectivity index (χ0v) is 5.61. The van der Waals surface area contributed by atoms with Gasteiger partial charge in [0.2, 0.25) is 0 Å². The molecule has 0 aliphatic heterocycles. The van der Waals surface area contributed by atoms with Gasteiger partial charge in [0.1, 0.15) is 11.8 Å². The first-order chi connectivity index (χ1) is 4.75. The van der Waals surface area contributed by atoms with Crippen LogP contribution < -0.4 is 5.73 Å². The van der Waals surface area contributed by atoms with Gasteiger partial charge in [0, 0.05) is 11.8 Å². The maximum Gasteiger partial charge on any atom is 0.160 e. The van der Waals surface area contributed by atoms with Crippen molar-refractivity contribution < 1.29 is 9.63 Å². The molecule has 10 heavy (non-hydrogen) atoms. The third kappa shape index (κ3) is 1.14. The first-order valence-corrected chi connectivity index (χ1v) is 2.92. The number of aryl methyl sites for hydroxylation is 1. The van der Waals surface area contributed by atoms with E-state index in [0.717, 1.165) is 0 Å². The van der Waals surface area contributed by atoms with E-state index in [1.807, 2.05) is 0 Å². The highest BCUT2D eigenvalue weighted by Gasteiger charge is 2.13. The minimum absolute atomic E-state index is 0.134. The summed E-state index contributed by atoms with van der Waals surface area (Å²) in [6, 6.07) is 0. The Morgan fingerprint density at radius 3 is 2.90 bits per heavy atom. The van der Waals surface area contributed by atoms with Gasteiger partial charge in [-0.3, -0.25) is 0 Å². The fourth-order valence-corrected chi connectivity index (χ4v) is 0.656. The topological polar surface area (TPSA) is 85.2 Å². The third-order valence-corrected chi connectivity index (χ3v) is 1.23. The molecule has 5 nitrogen and oxygen atoms in total. The highest BCUT2D eigenvalue weighted by molar-refractivity contribution is 5.06. The SMILES string of the molecule is Cc1onnc1C(O)CN. The van der Waals surface area contributed by atoms with Crippen molar-refractivity contribution in [2.24, 2.45) is 5.73 Å². The molecular formula is C5H9N3O2. The molecule has 1 aromatic rings. The quantitative estimate of drug-likeness (QED) is 0.575. The molecule has 0 spiro atoms. The Bertz CT molecular complexity index is 210. The van der Waals surface area contributed by atoms with Gasteiger partial charge in [-0.15, -0.1) is 5.10 Å². The van der Waals surface area contributed by atoms with Gasteiger partial charge in [0.05, 0.1) is 0 Å². The summed E-state index contributed by atoms with van der Waals surface area (Å²) in [5, 5.41) is 15.9. The van der Waals surface area contributed by atoms with Crippen molar-refractivity contribution in [1.82, 2.24) is 10.4 Å². The number of aliphatic hydroxyl groups excluding tert-OH is 1. The predicted molar refractivity (Wildman–Crippen MR) is 33.0 cm³/mol. The molecule has 56 valence electrons. The van der Waals surface area contributed by atoms with Crippen molar-refractivity contribution in [3.63, 3.8) is 0 Å². The first-order valence-electron chi connectivity index (χ1n) is 2.92. The summed E-state index contributed by atoms with van der Waals surface area (Å²) in [4.78, 5) is 0. The molecule has 0 bridgehead atoms. The molecule has 1 atom stereocenters. The minimum atomic E-state index is -0.758. The van der Waals surface area contributed by atoms with Crippen molar-refractivity contribution in [2.45, 2.75) is 13.0 Å². The molecule has 0 aromatic carbocycles. The second kappa shape index (κ2) is 2.76. The number of hydrogen-bond acceptors (Lipinski definition) is 5. The van der Waals surface area contributed by atoms with Crippen LogP contribution in [0.15, 0.2) is 4.52 Å². The summed E-state index contributed by atoms with van der Waals surface area (Å²) >= 11 is 0. The normalized spacial score (nSPS) is 13.5. The molecule has 1 heterocycles. The van der Waals surface area contributed by atoms with Gasteiger partial charge in [-0.05, 0) is 6.92 Å². The lowest BCUT2D eigenvalue weighted by Crippen LogP contribution is -2.12. The Kier molecular flexibility index (Phi) is 1.98. The van der Waals surface area contributed by atoms with E-state index >= 15 is 0 Å². The average Bonchev–Trinajstić information content (AvgIpc) is 2.34. The Morgan fingerprint density at radius 1 is 1.80 bits per heavy atom. The summed E-state index contributed by atoms with van der Waals surface area (Å²) in [5.41, 5.74) is 5.59. The first kappa shape index (κ1) is 7.17. The van der Waals surface area contributed by atoms with Gasteiger partial charge in [-0.2, -0.15) is 0 Å². The molecule has 1 aromatic heterocycles. The number of aliphatic hydroxyl groups is 1. The van der Waals surface area contributed by atoms with E-state index < -0.39 is 6.10 Å². The number of nitrogens with zero attached hydrogens (tertiary/aromatic N) is 2. The summed E-state index contributed by atoms with van der Waals surface area (Å²) in [6.45, 7) is 1.81. The van der Waals surface area contributed by atoms with Gasteiger partial charge in [0.15, 0.2) is 5.76 Å². The van der Waals surface area contributed by atoms with Gasteiger partial charge >= 0.3 is 0 Å². The van der Waals surface area contributed by atoms with Crippen molar-refractivity contribution in [3.05, 3.63) is 11.5 Å². The smallest absolute Gasteiger partial charge is 0.160 e. The van der Waals surface area contributed by atoms with Crippen LogP contribution in [0.1, 0.15) is 17.6 Å². The van der Waals surface area contributed by atoms with Crippen molar-refractivity contribution in [3.8, 4) is 0 Å². The summed E-state index contributed by atoms with van der Waals surface area (Å²) < 4.78 is 4.61. The second-order valence-corrected chi connectivity index (χ2v) is 1.97. The fraction of sp³-hybridized carbons (Fsp3) is 0.600. The Balaban J connectivity index is 2.82. The highest BCUT2D eigenvalue weighted by atomic mass is 16.5. The van der Waals surface area contributed by atoms with E-state index in [9.17, 15) is 0 Å². The maximum atomic E-state index is 9.11. The number of nitrogens with two attached hydrogens (primary N) is 1. The van der Waals surface area contributed by atoms with Crippen LogP contribution in [0.4, 0.5) is 0 Å². The Morgan fingerprint density at radius 2 is 2.50 bits per heavy atom. The fourth-order valence-electron chi connectivity index (χ4n) is 0.656. The molecular weight excluding hydrogens is 134 g/mol. The van der Waals surface area contributed by atoms with Gasteiger partial charge in [-0.1, -0.05) is 0 Å². The van der Waals surface area contributed by atoms with Crippen LogP contribution in [0.3, 0.4) is 0 Å². The molecule has 0 saturated heterocycles. The van der Waals surface area contributed by atoms with E-state index in [1.165, 1.54) is 0 Å². The molecule has 1 unspecified atom stereocenters.